The summed E-state index contributed by atoms with van der Waals surface area (Å²) in [4.78, 5) is 0. The molecule has 0 spiro atoms. The highest BCUT2D eigenvalue weighted by atomic mass is 79.9. The van der Waals surface area contributed by atoms with Gasteiger partial charge in [0.15, 0.2) is 0 Å². The van der Waals surface area contributed by atoms with E-state index in [9.17, 15) is 0 Å². The van der Waals surface area contributed by atoms with Crippen molar-refractivity contribution in [3.63, 3.8) is 0 Å². The van der Waals surface area contributed by atoms with Gasteiger partial charge in [0.1, 0.15) is 0 Å². The third-order valence-corrected chi connectivity index (χ3v) is 1.80. The molecule has 0 bridgehead atoms. The van der Waals surface area contributed by atoms with Gasteiger partial charge in [-0.1, -0.05) is 40.1 Å². The summed E-state index contributed by atoms with van der Waals surface area (Å²) in [5.74, 6) is 1.31. The summed E-state index contributed by atoms with van der Waals surface area (Å²) in [7, 11) is -1.39. The lowest BCUT2D eigenvalue weighted by Gasteiger charge is -1.93. The van der Waals surface area contributed by atoms with Crippen molar-refractivity contribution in [1.82, 2.24) is 0 Å². The number of hydrogen-bond donors (Lipinski definition) is 2. The van der Waals surface area contributed by atoms with Gasteiger partial charge in [0.2, 0.25) is 0 Å². The van der Waals surface area contributed by atoms with Crippen LogP contribution in [0.5, 0.6) is 0 Å². The molecular weight excluding hydrogens is 219 g/mol. The monoisotopic (exact) mass is 226 g/mol. The van der Waals surface area contributed by atoms with E-state index in [1.54, 1.807) is 6.08 Å². The van der Waals surface area contributed by atoms with Crippen LogP contribution in [0.15, 0.2) is 34.7 Å². The van der Waals surface area contributed by atoms with Crippen LogP contribution >= 0.6 is 15.9 Å². The lowest BCUT2D eigenvalue weighted by atomic mass is 9.91. The van der Waals surface area contributed by atoms with E-state index in [4.69, 9.17) is 10.0 Å². The molecule has 0 heterocycles. The first-order valence-electron chi connectivity index (χ1n) is 3.48. The molecule has 0 fully saturated rings. The van der Waals surface area contributed by atoms with Crippen molar-refractivity contribution < 1.29 is 10.0 Å². The predicted octanol–water partition coefficient (Wildman–Crippen LogP) is 1.47. The molecule has 0 aliphatic heterocycles. The minimum Gasteiger partial charge on any atom is -0.424 e. The van der Waals surface area contributed by atoms with Gasteiger partial charge in [0.05, 0.1) is 0 Å². The Hall–Kier alpha value is -0.575. The van der Waals surface area contributed by atoms with Crippen LogP contribution in [0.25, 0.3) is 6.08 Å². The third kappa shape index (κ3) is 3.22. The molecule has 2 nitrogen and oxygen atoms in total. The van der Waals surface area contributed by atoms with Gasteiger partial charge < -0.3 is 10.0 Å². The van der Waals surface area contributed by atoms with Gasteiger partial charge in [0, 0.05) is 4.47 Å². The number of halogens is 1. The molecule has 0 radical (unpaired) electrons. The molecule has 1 aromatic carbocycles. The lowest BCUT2D eigenvalue weighted by Crippen LogP contribution is -2.05. The van der Waals surface area contributed by atoms with Crippen molar-refractivity contribution in [2.24, 2.45) is 0 Å². The van der Waals surface area contributed by atoms with Gasteiger partial charge in [-0.15, -0.1) is 0 Å². The molecular formula is C8H8BBrO2. The van der Waals surface area contributed by atoms with Gasteiger partial charge >= 0.3 is 7.12 Å². The van der Waals surface area contributed by atoms with Crippen LogP contribution in [-0.2, 0) is 0 Å². The maximum atomic E-state index is 8.54. The highest BCUT2D eigenvalue weighted by Crippen LogP contribution is 2.12. The Labute approximate surface area is 79.8 Å². The SMILES string of the molecule is OB(O)C=Cc1cccc(Br)c1. The van der Waals surface area contributed by atoms with Crippen LogP contribution in [-0.4, -0.2) is 17.2 Å². The van der Waals surface area contributed by atoms with Crippen LogP contribution in [0.1, 0.15) is 5.56 Å². The first-order chi connectivity index (χ1) is 5.68. The average Bonchev–Trinajstić information content (AvgIpc) is 2.01. The standard InChI is InChI=1S/C8H8BBrO2/c10-8-3-1-2-7(6-8)4-5-9(11)12/h1-6,11-12H. The molecule has 0 atom stereocenters. The van der Waals surface area contributed by atoms with Gasteiger partial charge in [-0.25, -0.2) is 0 Å². The van der Waals surface area contributed by atoms with Crippen molar-refractivity contribution >= 4 is 29.1 Å². The second kappa shape index (κ2) is 4.45. The summed E-state index contributed by atoms with van der Waals surface area (Å²) in [6.45, 7) is 0. The Bertz CT molecular complexity index is 286. The lowest BCUT2D eigenvalue weighted by molar-refractivity contribution is 0.424. The van der Waals surface area contributed by atoms with E-state index >= 15 is 0 Å². The van der Waals surface area contributed by atoms with Gasteiger partial charge in [-0.2, -0.15) is 0 Å². The fourth-order valence-corrected chi connectivity index (χ4v) is 1.22. The third-order valence-electron chi connectivity index (χ3n) is 1.31. The molecule has 0 aliphatic carbocycles. The highest BCUT2D eigenvalue weighted by Gasteiger charge is 1.97. The van der Waals surface area contributed by atoms with E-state index in [0.717, 1.165) is 10.0 Å². The first kappa shape index (κ1) is 9.51. The van der Waals surface area contributed by atoms with Crippen molar-refractivity contribution in [1.29, 1.82) is 0 Å². The van der Waals surface area contributed by atoms with Crippen LogP contribution in [0.2, 0.25) is 0 Å². The van der Waals surface area contributed by atoms with Gasteiger partial charge in [-0.05, 0) is 17.7 Å². The molecule has 2 N–H and O–H groups in total. The van der Waals surface area contributed by atoms with E-state index < -0.39 is 7.12 Å². The molecule has 1 aromatic rings. The maximum Gasteiger partial charge on any atom is 0.480 e. The molecule has 0 unspecified atom stereocenters. The maximum absolute atomic E-state index is 8.54. The molecule has 62 valence electrons. The summed E-state index contributed by atoms with van der Waals surface area (Å²) in [5, 5.41) is 17.1. The Morgan fingerprint density at radius 1 is 1.33 bits per heavy atom. The van der Waals surface area contributed by atoms with E-state index in [0.29, 0.717) is 0 Å². The summed E-state index contributed by atoms with van der Waals surface area (Å²) < 4.78 is 0.970. The number of rotatable bonds is 2. The Morgan fingerprint density at radius 2 is 2.08 bits per heavy atom. The van der Waals surface area contributed by atoms with E-state index in [2.05, 4.69) is 15.9 Å². The number of hydrogen-bond acceptors (Lipinski definition) is 2. The van der Waals surface area contributed by atoms with E-state index in [1.807, 2.05) is 24.3 Å². The average molecular weight is 227 g/mol. The van der Waals surface area contributed by atoms with Crippen LogP contribution in [0, 0.1) is 0 Å². The van der Waals surface area contributed by atoms with Crippen molar-refractivity contribution in [2.75, 3.05) is 0 Å². The first-order valence-corrected chi connectivity index (χ1v) is 4.28. The zero-order valence-electron chi connectivity index (χ0n) is 6.31. The van der Waals surface area contributed by atoms with Crippen LogP contribution in [0.3, 0.4) is 0 Å². The topological polar surface area (TPSA) is 40.5 Å². The zero-order chi connectivity index (χ0) is 8.97. The molecule has 1 rings (SSSR count). The molecule has 0 saturated carbocycles. The smallest absolute Gasteiger partial charge is 0.424 e. The Morgan fingerprint density at radius 3 is 2.67 bits per heavy atom. The van der Waals surface area contributed by atoms with Crippen molar-refractivity contribution in [3.8, 4) is 0 Å². The minimum atomic E-state index is -1.39. The summed E-state index contributed by atoms with van der Waals surface area (Å²) >= 11 is 3.31. The summed E-state index contributed by atoms with van der Waals surface area (Å²) in [5.41, 5.74) is 0.928. The minimum absolute atomic E-state index is 0.928. The molecule has 0 aliphatic rings. The van der Waals surface area contributed by atoms with Crippen LogP contribution < -0.4 is 0 Å². The molecule has 4 heteroatoms. The largest absolute Gasteiger partial charge is 0.480 e. The molecule has 0 aromatic heterocycles. The quantitative estimate of drug-likeness (QED) is 0.751. The van der Waals surface area contributed by atoms with Crippen LogP contribution in [0.4, 0.5) is 0 Å². The van der Waals surface area contributed by atoms with Gasteiger partial charge in [-0.3, -0.25) is 0 Å². The van der Waals surface area contributed by atoms with Crippen molar-refractivity contribution in [2.45, 2.75) is 0 Å². The second-order valence-corrected chi connectivity index (χ2v) is 3.24. The second-order valence-electron chi connectivity index (χ2n) is 2.33. The normalized spacial score (nSPS) is 10.6. The van der Waals surface area contributed by atoms with Crippen molar-refractivity contribution in [3.05, 3.63) is 40.3 Å². The summed E-state index contributed by atoms with van der Waals surface area (Å²) in [6, 6.07) is 7.56. The fourth-order valence-electron chi connectivity index (χ4n) is 0.807. The van der Waals surface area contributed by atoms with Gasteiger partial charge in [0.25, 0.3) is 0 Å². The fraction of sp³-hybridized carbons (Fsp3) is 0. The highest BCUT2D eigenvalue weighted by molar-refractivity contribution is 9.10. The molecule has 0 amide bonds. The Kier molecular flexibility index (Phi) is 3.53. The zero-order valence-corrected chi connectivity index (χ0v) is 7.90. The Balaban J connectivity index is 2.76. The molecule has 0 saturated heterocycles. The van der Waals surface area contributed by atoms with E-state index in [-0.39, 0.29) is 0 Å². The summed E-state index contributed by atoms with van der Waals surface area (Å²) in [6.07, 6.45) is 1.65. The number of benzene rings is 1. The molecule has 12 heavy (non-hydrogen) atoms. The predicted molar refractivity (Wildman–Crippen MR) is 53.4 cm³/mol. The van der Waals surface area contributed by atoms with E-state index in [1.165, 1.54) is 5.98 Å².